The Balaban J connectivity index is 0.00000289. The van der Waals surface area contributed by atoms with E-state index in [9.17, 15) is 0 Å². The SMILES string of the molecule is C.CC(C)CCCC(C)C1CCC2C3CC=C4C[C@@H](OC(C)C)CCC4(C)C3CCC12C. The van der Waals surface area contributed by atoms with Gasteiger partial charge in [0.15, 0.2) is 0 Å². The Hall–Kier alpha value is -0.300. The number of fused-ring (bicyclic) bond motifs is 5. The average Bonchev–Trinajstić information content (AvgIpc) is 3.05. The summed E-state index contributed by atoms with van der Waals surface area (Å²) in [5, 5.41) is 0. The number of ether oxygens (including phenoxy) is 1. The lowest BCUT2D eigenvalue weighted by atomic mass is 9.47. The van der Waals surface area contributed by atoms with Gasteiger partial charge < -0.3 is 4.74 Å². The van der Waals surface area contributed by atoms with E-state index in [1.807, 2.05) is 0 Å². The molecule has 0 aromatic rings. The van der Waals surface area contributed by atoms with E-state index in [1.165, 1.54) is 70.6 Å². The smallest absolute Gasteiger partial charge is 0.0616 e. The highest BCUT2D eigenvalue weighted by Gasteiger charge is 2.59. The van der Waals surface area contributed by atoms with Crippen molar-refractivity contribution in [3.05, 3.63) is 11.6 Å². The van der Waals surface area contributed by atoms with Crippen molar-refractivity contribution < 1.29 is 4.74 Å². The van der Waals surface area contributed by atoms with Gasteiger partial charge in [0.25, 0.3) is 0 Å². The van der Waals surface area contributed by atoms with E-state index in [-0.39, 0.29) is 7.43 Å². The van der Waals surface area contributed by atoms with Crippen LogP contribution in [0, 0.1) is 46.3 Å². The third-order valence-electron chi connectivity index (χ3n) is 10.7. The first-order chi connectivity index (χ1) is 14.6. The fraction of sp³-hybridized carbons (Fsp3) is 0.935. The van der Waals surface area contributed by atoms with Crippen molar-refractivity contribution in [1.29, 1.82) is 0 Å². The minimum atomic E-state index is 0. The van der Waals surface area contributed by atoms with Crippen LogP contribution >= 0.6 is 0 Å². The van der Waals surface area contributed by atoms with E-state index in [0.717, 1.165) is 35.5 Å². The Kier molecular flexibility index (Phi) is 8.33. The van der Waals surface area contributed by atoms with E-state index in [2.05, 4.69) is 54.5 Å². The second-order valence-electron chi connectivity index (χ2n) is 13.3. The molecule has 0 saturated heterocycles. The molecule has 3 saturated carbocycles. The minimum Gasteiger partial charge on any atom is -0.375 e. The van der Waals surface area contributed by atoms with Gasteiger partial charge in [-0.05, 0) is 112 Å². The molecule has 1 heteroatoms. The predicted molar refractivity (Wildman–Crippen MR) is 140 cm³/mol. The molecule has 0 aromatic heterocycles. The van der Waals surface area contributed by atoms with Crippen LogP contribution in [0.3, 0.4) is 0 Å². The van der Waals surface area contributed by atoms with Crippen molar-refractivity contribution in [2.75, 3.05) is 0 Å². The van der Waals surface area contributed by atoms with E-state index < -0.39 is 0 Å². The van der Waals surface area contributed by atoms with Gasteiger partial charge in [0.2, 0.25) is 0 Å². The van der Waals surface area contributed by atoms with Crippen LogP contribution < -0.4 is 0 Å². The number of hydrogen-bond acceptors (Lipinski definition) is 1. The zero-order chi connectivity index (χ0) is 22.4. The summed E-state index contributed by atoms with van der Waals surface area (Å²) >= 11 is 0. The van der Waals surface area contributed by atoms with Gasteiger partial charge in [0.1, 0.15) is 0 Å². The van der Waals surface area contributed by atoms with E-state index in [1.54, 1.807) is 5.57 Å². The summed E-state index contributed by atoms with van der Waals surface area (Å²) in [6, 6.07) is 0. The predicted octanol–water partition coefficient (Wildman–Crippen LogP) is 9.46. The first-order valence-corrected chi connectivity index (χ1v) is 14.0. The highest BCUT2D eigenvalue weighted by molar-refractivity contribution is 5.25. The van der Waals surface area contributed by atoms with Gasteiger partial charge in [-0.15, -0.1) is 0 Å². The van der Waals surface area contributed by atoms with Gasteiger partial charge >= 0.3 is 0 Å². The molecule has 8 atom stereocenters. The molecule has 0 aliphatic heterocycles. The fourth-order valence-corrected chi connectivity index (χ4v) is 9.15. The molecule has 0 spiro atoms. The summed E-state index contributed by atoms with van der Waals surface area (Å²) in [6.45, 7) is 17.1. The highest BCUT2D eigenvalue weighted by atomic mass is 16.5. The molecule has 1 nitrogen and oxygen atoms in total. The fourth-order valence-electron chi connectivity index (χ4n) is 9.15. The molecule has 0 heterocycles. The van der Waals surface area contributed by atoms with Crippen molar-refractivity contribution in [3.8, 4) is 0 Å². The molecule has 0 radical (unpaired) electrons. The van der Waals surface area contributed by atoms with Gasteiger partial charge in [-0.1, -0.05) is 73.0 Å². The minimum absolute atomic E-state index is 0. The summed E-state index contributed by atoms with van der Waals surface area (Å²) in [5.74, 6) is 5.60. The molecular formula is C31H56O. The van der Waals surface area contributed by atoms with E-state index in [0.29, 0.717) is 23.0 Å². The van der Waals surface area contributed by atoms with Crippen LogP contribution in [0.25, 0.3) is 0 Å². The van der Waals surface area contributed by atoms with Gasteiger partial charge in [-0.25, -0.2) is 0 Å². The lowest BCUT2D eigenvalue weighted by Crippen LogP contribution is -2.51. The Bertz CT molecular complexity index is 647. The van der Waals surface area contributed by atoms with Crippen LogP contribution in [0.5, 0.6) is 0 Å². The molecule has 0 N–H and O–H groups in total. The third kappa shape index (κ3) is 4.76. The van der Waals surface area contributed by atoms with Crippen molar-refractivity contribution >= 4 is 0 Å². The largest absolute Gasteiger partial charge is 0.375 e. The van der Waals surface area contributed by atoms with Crippen LogP contribution in [-0.2, 0) is 4.74 Å². The summed E-state index contributed by atoms with van der Waals surface area (Å²) in [6.07, 6.45) is 19.0. The number of rotatable bonds is 7. The molecule has 4 aliphatic rings. The Labute approximate surface area is 201 Å². The molecular weight excluding hydrogens is 388 g/mol. The molecule has 0 bridgehead atoms. The lowest BCUT2D eigenvalue weighted by Gasteiger charge is -2.58. The number of allylic oxidation sites excluding steroid dienone is 1. The molecule has 4 rings (SSSR count). The monoisotopic (exact) mass is 444 g/mol. The normalized spacial score (nSPS) is 42.0. The summed E-state index contributed by atoms with van der Waals surface area (Å²) in [7, 11) is 0. The summed E-state index contributed by atoms with van der Waals surface area (Å²) < 4.78 is 6.25. The third-order valence-corrected chi connectivity index (χ3v) is 10.7. The van der Waals surface area contributed by atoms with Crippen LogP contribution in [0.15, 0.2) is 11.6 Å². The van der Waals surface area contributed by atoms with Crippen molar-refractivity contribution in [1.82, 2.24) is 0 Å². The second-order valence-corrected chi connectivity index (χ2v) is 13.3. The molecule has 0 amide bonds. The molecule has 32 heavy (non-hydrogen) atoms. The second kappa shape index (κ2) is 10.1. The van der Waals surface area contributed by atoms with E-state index in [4.69, 9.17) is 4.74 Å². The maximum Gasteiger partial charge on any atom is 0.0616 e. The Morgan fingerprint density at radius 1 is 0.938 bits per heavy atom. The van der Waals surface area contributed by atoms with Crippen molar-refractivity contribution in [2.45, 2.75) is 139 Å². The summed E-state index contributed by atoms with van der Waals surface area (Å²) in [5.41, 5.74) is 2.84. The summed E-state index contributed by atoms with van der Waals surface area (Å²) in [4.78, 5) is 0. The first-order valence-electron chi connectivity index (χ1n) is 14.0. The van der Waals surface area contributed by atoms with Crippen LogP contribution in [0.4, 0.5) is 0 Å². The topological polar surface area (TPSA) is 9.23 Å². The van der Waals surface area contributed by atoms with Gasteiger partial charge in [-0.3, -0.25) is 0 Å². The lowest BCUT2D eigenvalue weighted by molar-refractivity contribution is -0.0707. The zero-order valence-corrected chi connectivity index (χ0v) is 21.9. The molecule has 7 unspecified atom stereocenters. The van der Waals surface area contributed by atoms with Gasteiger partial charge in [0, 0.05) is 0 Å². The van der Waals surface area contributed by atoms with Crippen LogP contribution in [0.2, 0.25) is 0 Å². The maximum atomic E-state index is 6.25. The quantitative estimate of drug-likeness (QED) is 0.355. The molecule has 0 aromatic carbocycles. The van der Waals surface area contributed by atoms with Gasteiger partial charge in [0.05, 0.1) is 12.2 Å². The maximum absolute atomic E-state index is 6.25. The zero-order valence-electron chi connectivity index (χ0n) is 21.9. The molecule has 3 fully saturated rings. The van der Waals surface area contributed by atoms with Crippen LogP contribution in [0.1, 0.15) is 127 Å². The average molecular weight is 445 g/mol. The first kappa shape index (κ1) is 26.3. The van der Waals surface area contributed by atoms with Crippen molar-refractivity contribution in [3.63, 3.8) is 0 Å². The molecule has 4 aliphatic carbocycles. The Morgan fingerprint density at radius 2 is 1.69 bits per heavy atom. The van der Waals surface area contributed by atoms with Crippen molar-refractivity contribution in [2.24, 2.45) is 46.3 Å². The number of hydrogen-bond donors (Lipinski definition) is 0. The standard InChI is InChI=1S/C30H52O.CH4/c1-20(2)9-8-10-22(5)26-13-14-27-25-12-11-23-19-24(31-21(3)4)15-17-29(23,6)28(25)16-18-30(26,27)7;/h11,20-22,24-28H,8-10,12-19H2,1-7H3;1H4/t22?,24-,25?,26?,27?,28?,29?,30?;/m0./s1. The highest BCUT2D eigenvalue weighted by Crippen LogP contribution is 2.67. The molecule has 186 valence electrons. The van der Waals surface area contributed by atoms with Gasteiger partial charge in [-0.2, -0.15) is 0 Å². The van der Waals surface area contributed by atoms with Crippen LogP contribution in [-0.4, -0.2) is 12.2 Å². The Morgan fingerprint density at radius 3 is 2.38 bits per heavy atom. The van der Waals surface area contributed by atoms with E-state index >= 15 is 0 Å².